The van der Waals surface area contributed by atoms with Crippen molar-refractivity contribution >= 4 is 5.91 Å². The molecule has 0 unspecified atom stereocenters. The van der Waals surface area contributed by atoms with E-state index in [4.69, 9.17) is 4.74 Å². The van der Waals surface area contributed by atoms with Crippen LogP contribution in [0.3, 0.4) is 0 Å². The number of ether oxygens (including phenoxy) is 1. The van der Waals surface area contributed by atoms with E-state index in [-0.39, 0.29) is 17.4 Å². The molecule has 6 heteroatoms. The van der Waals surface area contributed by atoms with Crippen LogP contribution in [0.15, 0.2) is 60.8 Å². The van der Waals surface area contributed by atoms with Gasteiger partial charge in [-0.25, -0.2) is 9.07 Å². The number of hydrogen-bond donors (Lipinski definition) is 1. The second kappa shape index (κ2) is 8.29. The number of halogens is 1. The van der Waals surface area contributed by atoms with Crippen molar-refractivity contribution in [3.05, 3.63) is 77.9 Å². The second-order valence-corrected chi connectivity index (χ2v) is 5.78. The molecule has 1 heterocycles. The fraction of sp³-hybridized carbons (Fsp3) is 0.200. The summed E-state index contributed by atoms with van der Waals surface area (Å²) in [7, 11) is 0. The first-order valence-electron chi connectivity index (χ1n) is 8.48. The summed E-state index contributed by atoms with van der Waals surface area (Å²) < 4.78 is 20.3. The van der Waals surface area contributed by atoms with Crippen molar-refractivity contribution in [2.24, 2.45) is 0 Å². The van der Waals surface area contributed by atoms with Crippen molar-refractivity contribution in [1.29, 1.82) is 0 Å². The van der Waals surface area contributed by atoms with Gasteiger partial charge in [0.15, 0.2) is 11.4 Å². The molecule has 1 aromatic heterocycles. The van der Waals surface area contributed by atoms with Crippen LogP contribution in [0.2, 0.25) is 0 Å². The lowest BCUT2D eigenvalue weighted by Gasteiger charge is -2.06. The van der Waals surface area contributed by atoms with E-state index in [0.717, 1.165) is 12.0 Å². The second-order valence-electron chi connectivity index (χ2n) is 5.78. The van der Waals surface area contributed by atoms with Gasteiger partial charge in [-0.05, 0) is 36.2 Å². The molecule has 0 bridgehead atoms. The van der Waals surface area contributed by atoms with Crippen molar-refractivity contribution in [2.75, 3.05) is 6.61 Å². The SMILES string of the molecule is CCCOc1cn(-c2ccc(F)cc2)nc1C(=O)NCc1ccccc1. The van der Waals surface area contributed by atoms with Crippen LogP contribution in [0, 0.1) is 5.82 Å². The number of hydrogen-bond acceptors (Lipinski definition) is 3. The van der Waals surface area contributed by atoms with Crippen LogP contribution < -0.4 is 10.1 Å². The summed E-state index contributed by atoms with van der Waals surface area (Å²) in [6, 6.07) is 15.5. The number of amides is 1. The van der Waals surface area contributed by atoms with Gasteiger partial charge < -0.3 is 10.1 Å². The zero-order valence-electron chi connectivity index (χ0n) is 14.5. The third-order valence-corrected chi connectivity index (χ3v) is 3.74. The molecule has 3 rings (SSSR count). The molecule has 0 saturated carbocycles. The standard InChI is InChI=1S/C20H20FN3O2/c1-2-12-26-18-14-24(17-10-8-16(21)9-11-17)23-19(18)20(25)22-13-15-6-4-3-5-7-15/h3-11,14H,2,12-13H2,1H3,(H,22,25). The maximum Gasteiger partial charge on any atom is 0.275 e. The molecule has 1 amide bonds. The van der Waals surface area contributed by atoms with Gasteiger partial charge in [-0.1, -0.05) is 37.3 Å². The van der Waals surface area contributed by atoms with E-state index in [2.05, 4.69) is 10.4 Å². The molecule has 0 aliphatic carbocycles. The Morgan fingerprint density at radius 1 is 1.15 bits per heavy atom. The minimum atomic E-state index is -0.329. The zero-order valence-corrected chi connectivity index (χ0v) is 14.5. The molecule has 0 aliphatic rings. The van der Waals surface area contributed by atoms with Gasteiger partial charge in [0.2, 0.25) is 0 Å². The van der Waals surface area contributed by atoms with Gasteiger partial charge in [-0.3, -0.25) is 4.79 Å². The van der Waals surface area contributed by atoms with Crippen LogP contribution in [0.1, 0.15) is 29.4 Å². The monoisotopic (exact) mass is 353 g/mol. The van der Waals surface area contributed by atoms with E-state index in [9.17, 15) is 9.18 Å². The first kappa shape index (κ1) is 17.7. The maximum absolute atomic E-state index is 13.1. The molecule has 0 fully saturated rings. The molecule has 5 nitrogen and oxygen atoms in total. The Hall–Kier alpha value is -3.15. The van der Waals surface area contributed by atoms with Crippen molar-refractivity contribution < 1.29 is 13.9 Å². The van der Waals surface area contributed by atoms with Crippen LogP contribution >= 0.6 is 0 Å². The smallest absolute Gasteiger partial charge is 0.275 e. The molecule has 0 spiro atoms. The molecule has 1 N–H and O–H groups in total. The Bertz CT molecular complexity index is 861. The van der Waals surface area contributed by atoms with Crippen LogP contribution in [0.25, 0.3) is 5.69 Å². The molecule has 2 aromatic carbocycles. The first-order chi connectivity index (χ1) is 12.7. The molecule has 26 heavy (non-hydrogen) atoms. The number of rotatable bonds is 7. The normalized spacial score (nSPS) is 10.5. The van der Waals surface area contributed by atoms with E-state index in [1.807, 2.05) is 37.3 Å². The fourth-order valence-electron chi connectivity index (χ4n) is 2.42. The summed E-state index contributed by atoms with van der Waals surface area (Å²) in [5.41, 5.74) is 1.85. The van der Waals surface area contributed by atoms with Gasteiger partial charge in [-0.15, -0.1) is 0 Å². The Morgan fingerprint density at radius 3 is 2.58 bits per heavy atom. The van der Waals surface area contributed by atoms with Gasteiger partial charge in [0, 0.05) is 6.54 Å². The molecule has 0 atom stereocenters. The highest BCUT2D eigenvalue weighted by Crippen LogP contribution is 2.20. The molecule has 3 aromatic rings. The largest absolute Gasteiger partial charge is 0.489 e. The number of nitrogens with one attached hydrogen (secondary N) is 1. The highest BCUT2D eigenvalue weighted by molar-refractivity contribution is 5.94. The van der Waals surface area contributed by atoms with E-state index in [1.165, 1.54) is 16.8 Å². The van der Waals surface area contributed by atoms with Crippen LogP contribution in [0.5, 0.6) is 5.75 Å². The number of aromatic nitrogens is 2. The first-order valence-corrected chi connectivity index (χ1v) is 8.48. The molecule has 0 aliphatic heterocycles. The van der Waals surface area contributed by atoms with Gasteiger partial charge >= 0.3 is 0 Å². The van der Waals surface area contributed by atoms with Crippen LogP contribution in [0.4, 0.5) is 4.39 Å². The Balaban J connectivity index is 1.81. The van der Waals surface area contributed by atoms with E-state index >= 15 is 0 Å². The van der Waals surface area contributed by atoms with Crippen molar-refractivity contribution in [1.82, 2.24) is 15.1 Å². The average Bonchev–Trinajstić information content (AvgIpc) is 3.10. The van der Waals surface area contributed by atoms with E-state index < -0.39 is 0 Å². The van der Waals surface area contributed by atoms with Crippen molar-refractivity contribution in [2.45, 2.75) is 19.9 Å². The van der Waals surface area contributed by atoms with Gasteiger partial charge in [0.05, 0.1) is 18.5 Å². The zero-order chi connectivity index (χ0) is 18.4. The lowest BCUT2D eigenvalue weighted by Crippen LogP contribution is -2.24. The number of nitrogens with zero attached hydrogens (tertiary/aromatic N) is 2. The molecule has 0 radical (unpaired) electrons. The molecular formula is C20H20FN3O2. The number of carbonyl (C=O) groups excluding carboxylic acids is 1. The van der Waals surface area contributed by atoms with Crippen molar-refractivity contribution in [3.63, 3.8) is 0 Å². The number of carbonyl (C=O) groups is 1. The minimum Gasteiger partial charge on any atom is -0.489 e. The summed E-state index contributed by atoms with van der Waals surface area (Å²) >= 11 is 0. The lowest BCUT2D eigenvalue weighted by molar-refractivity contribution is 0.0941. The maximum atomic E-state index is 13.1. The highest BCUT2D eigenvalue weighted by atomic mass is 19.1. The highest BCUT2D eigenvalue weighted by Gasteiger charge is 2.19. The molecule has 0 saturated heterocycles. The Labute approximate surface area is 151 Å². The van der Waals surface area contributed by atoms with Crippen molar-refractivity contribution in [3.8, 4) is 11.4 Å². The average molecular weight is 353 g/mol. The third kappa shape index (κ3) is 4.27. The fourth-order valence-corrected chi connectivity index (χ4v) is 2.42. The quantitative estimate of drug-likeness (QED) is 0.704. The predicted molar refractivity (Wildman–Crippen MR) is 96.9 cm³/mol. The summed E-state index contributed by atoms with van der Waals surface area (Å²) in [6.45, 7) is 2.86. The predicted octanol–water partition coefficient (Wildman–Crippen LogP) is 3.73. The Kier molecular flexibility index (Phi) is 5.63. The van der Waals surface area contributed by atoms with Crippen LogP contribution in [-0.2, 0) is 6.54 Å². The summed E-state index contributed by atoms with van der Waals surface area (Å²) in [5, 5.41) is 7.18. The summed E-state index contributed by atoms with van der Waals surface area (Å²) in [5.74, 6) is -0.244. The third-order valence-electron chi connectivity index (χ3n) is 3.74. The number of benzene rings is 2. The van der Waals surface area contributed by atoms with Gasteiger partial charge in [0.25, 0.3) is 5.91 Å². The topological polar surface area (TPSA) is 56.2 Å². The summed E-state index contributed by atoms with van der Waals surface area (Å²) in [4.78, 5) is 12.6. The Morgan fingerprint density at radius 2 is 1.88 bits per heavy atom. The molecular weight excluding hydrogens is 333 g/mol. The van der Waals surface area contributed by atoms with Gasteiger partial charge in [0.1, 0.15) is 5.82 Å². The van der Waals surface area contributed by atoms with Gasteiger partial charge in [-0.2, -0.15) is 5.10 Å². The summed E-state index contributed by atoms with van der Waals surface area (Å²) in [6.07, 6.45) is 2.45. The molecule has 134 valence electrons. The van der Waals surface area contributed by atoms with Crippen LogP contribution in [-0.4, -0.2) is 22.3 Å². The van der Waals surface area contributed by atoms with E-state index in [0.29, 0.717) is 24.6 Å². The minimum absolute atomic E-state index is 0.207. The lowest BCUT2D eigenvalue weighted by atomic mass is 10.2. The van der Waals surface area contributed by atoms with E-state index in [1.54, 1.807) is 18.3 Å².